The number of nitrogens with one attached hydrogen (secondary N) is 1. The molecule has 2 aliphatic rings. The van der Waals surface area contributed by atoms with Crippen LogP contribution in [0.4, 0.5) is 0 Å². The van der Waals surface area contributed by atoms with Crippen molar-refractivity contribution in [2.45, 2.75) is 50.1 Å². The van der Waals surface area contributed by atoms with Gasteiger partial charge in [0.25, 0.3) is 0 Å². The van der Waals surface area contributed by atoms with Crippen molar-refractivity contribution in [3.05, 3.63) is 12.7 Å². The summed E-state index contributed by atoms with van der Waals surface area (Å²) < 4.78 is 0. The van der Waals surface area contributed by atoms with Gasteiger partial charge in [-0.05, 0) is 45.8 Å². The second-order valence-corrected chi connectivity index (χ2v) is 5.01. The maximum Gasteiger partial charge on any atom is 0.0431 e. The Labute approximate surface area is 93.7 Å². The first-order chi connectivity index (χ1) is 7.33. The Kier molecular flexibility index (Phi) is 3.47. The van der Waals surface area contributed by atoms with Crippen LogP contribution in [-0.4, -0.2) is 36.6 Å². The largest absolute Gasteiger partial charge is 0.312 e. The molecule has 1 heterocycles. The monoisotopic (exact) mass is 208 g/mol. The first-order valence-corrected chi connectivity index (χ1v) is 6.38. The SMILES string of the molecule is C=CC(NC)C1(N2CCCC2)CCCC1. The summed E-state index contributed by atoms with van der Waals surface area (Å²) in [5.41, 5.74) is 0.396. The first kappa shape index (κ1) is 11.2. The third-order valence-electron chi connectivity index (χ3n) is 4.33. The van der Waals surface area contributed by atoms with Crippen LogP contribution in [0.5, 0.6) is 0 Å². The van der Waals surface area contributed by atoms with Gasteiger partial charge in [-0.25, -0.2) is 0 Å². The molecule has 0 spiro atoms. The molecule has 1 saturated heterocycles. The van der Waals surface area contributed by atoms with Crippen LogP contribution in [0, 0.1) is 0 Å². The summed E-state index contributed by atoms with van der Waals surface area (Å²) in [6, 6.07) is 0.470. The minimum atomic E-state index is 0.396. The van der Waals surface area contributed by atoms with Crippen molar-refractivity contribution in [1.82, 2.24) is 10.2 Å². The summed E-state index contributed by atoms with van der Waals surface area (Å²) in [5, 5.41) is 3.45. The lowest BCUT2D eigenvalue weighted by Gasteiger charge is -2.44. The van der Waals surface area contributed by atoms with E-state index in [-0.39, 0.29) is 0 Å². The van der Waals surface area contributed by atoms with Crippen LogP contribution in [0.1, 0.15) is 38.5 Å². The third-order valence-corrected chi connectivity index (χ3v) is 4.33. The molecule has 86 valence electrons. The Morgan fingerprint density at radius 3 is 2.27 bits per heavy atom. The Morgan fingerprint density at radius 1 is 1.20 bits per heavy atom. The minimum absolute atomic E-state index is 0.396. The predicted molar refractivity (Wildman–Crippen MR) is 65.1 cm³/mol. The molecule has 1 saturated carbocycles. The zero-order valence-corrected chi connectivity index (χ0v) is 9.97. The number of rotatable bonds is 4. The van der Waals surface area contributed by atoms with Gasteiger partial charge in [0.2, 0.25) is 0 Å². The maximum absolute atomic E-state index is 4.00. The number of hydrogen-bond donors (Lipinski definition) is 1. The molecule has 1 N–H and O–H groups in total. The number of likely N-dealkylation sites (N-methyl/N-ethyl adjacent to an activating group) is 1. The molecular formula is C13H24N2. The van der Waals surface area contributed by atoms with Crippen LogP contribution in [0.25, 0.3) is 0 Å². The molecule has 1 unspecified atom stereocenters. The van der Waals surface area contributed by atoms with Crippen molar-refractivity contribution in [3.8, 4) is 0 Å². The summed E-state index contributed by atoms with van der Waals surface area (Å²) in [7, 11) is 2.07. The standard InChI is InChI=1S/C13H24N2/c1-3-12(14-2)13(8-4-5-9-13)15-10-6-7-11-15/h3,12,14H,1,4-11H2,2H3. The second kappa shape index (κ2) is 4.67. The molecule has 0 bridgehead atoms. The van der Waals surface area contributed by atoms with Crippen LogP contribution >= 0.6 is 0 Å². The highest BCUT2D eigenvalue weighted by molar-refractivity contribution is 5.10. The maximum atomic E-state index is 4.00. The fourth-order valence-electron chi connectivity index (χ4n) is 3.58. The zero-order valence-electron chi connectivity index (χ0n) is 9.97. The molecule has 15 heavy (non-hydrogen) atoms. The van der Waals surface area contributed by atoms with E-state index in [1.54, 1.807) is 0 Å². The summed E-state index contributed by atoms with van der Waals surface area (Å²) in [6.07, 6.45) is 10.4. The average Bonchev–Trinajstić information content (AvgIpc) is 2.90. The highest BCUT2D eigenvalue weighted by atomic mass is 15.2. The Morgan fingerprint density at radius 2 is 1.80 bits per heavy atom. The lowest BCUT2D eigenvalue weighted by atomic mass is 9.86. The summed E-state index contributed by atoms with van der Waals surface area (Å²) >= 11 is 0. The van der Waals surface area contributed by atoms with Crippen LogP contribution in [0.3, 0.4) is 0 Å². The smallest absolute Gasteiger partial charge is 0.0431 e. The van der Waals surface area contributed by atoms with E-state index in [1.807, 2.05) is 0 Å². The number of nitrogens with zero attached hydrogens (tertiary/aromatic N) is 1. The second-order valence-electron chi connectivity index (χ2n) is 5.01. The van der Waals surface area contributed by atoms with Gasteiger partial charge in [0.15, 0.2) is 0 Å². The molecule has 0 amide bonds. The van der Waals surface area contributed by atoms with Crippen LogP contribution < -0.4 is 5.32 Å². The molecule has 2 rings (SSSR count). The molecule has 2 fully saturated rings. The van der Waals surface area contributed by atoms with Gasteiger partial charge >= 0.3 is 0 Å². The van der Waals surface area contributed by atoms with E-state index in [0.717, 1.165) is 0 Å². The van der Waals surface area contributed by atoms with Crippen molar-refractivity contribution in [3.63, 3.8) is 0 Å². The van der Waals surface area contributed by atoms with Crippen LogP contribution in [0.15, 0.2) is 12.7 Å². The van der Waals surface area contributed by atoms with Crippen molar-refractivity contribution in [2.75, 3.05) is 20.1 Å². The fraction of sp³-hybridized carbons (Fsp3) is 0.846. The van der Waals surface area contributed by atoms with E-state index in [9.17, 15) is 0 Å². The lowest BCUT2D eigenvalue weighted by Crippen LogP contribution is -2.57. The van der Waals surface area contributed by atoms with Crippen LogP contribution in [0.2, 0.25) is 0 Å². The molecule has 0 radical (unpaired) electrons. The van der Waals surface area contributed by atoms with E-state index in [4.69, 9.17) is 0 Å². The minimum Gasteiger partial charge on any atom is -0.312 e. The van der Waals surface area contributed by atoms with E-state index in [2.05, 4.69) is 29.9 Å². The molecule has 0 aromatic carbocycles. The van der Waals surface area contributed by atoms with E-state index >= 15 is 0 Å². The summed E-state index contributed by atoms with van der Waals surface area (Å²) in [6.45, 7) is 6.60. The summed E-state index contributed by atoms with van der Waals surface area (Å²) in [4.78, 5) is 2.73. The van der Waals surface area contributed by atoms with Gasteiger partial charge in [-0.1, -0.05) is 18.9 Å². The Hall–Kier alpha value is -0.340. The fourth-order valence-corrected chi connectivity index (χ4v) is 3.58. The average molecular weight is 208 g/mol. The Balaban J connectivity index is 2.17. The number of hydrogen-bond acceptors (Lipinski definition) is 2. The molecule has 0 aromatic rings. The quantitative estimate of drug-likeness (QED) is 0.712. The normalized spacial score (nSPS) is 28.1. The van der Waals surface area contributed by atoms with Gasteiger partial charge in [0.1, 0.15) is 0 Å². The van der Waals surface area contributed by atoms with Gasteiger partial charge in [-0.3, -0.25) is 4.90 Å². The number of likely N-dealkylation sites (tertiary alicyclic amines) is 1. The Bertz CT molecular complexity index is 213. The van der Waals surface area contributed by atoms with Crippen LogP contribution in [-0.2, 0) is 0 Å². The topological polar surface area (TPSA) is 15.3 Å². The lowest BCUT2D eigenvalue weighted by molar-refractivity contribution is 0.0971. The molecular weight excluding hydrogens is 184 g/mol. The van der Waals surface area contributed by atoms with E-state index < -0.39 is 0 Å². The molecule has 2 heteroatoms. The van der Waals surface area contributed by atoms with Gasteiger partial charge in [0, 0.05) is 11.6 Å². The van der Waals surface area contributed by atoms with Crippen molar-refractivity contribution in [2.24, 2.45) is 0 Å². The van der Waals surface area contributed by atoms with Crippen molar-refractivity contribution >= 4 is 0 Å². The molecule has 0 aromatic heterocycles. The molecule has 1 aliphatic carbocycles. The molecule has 1 aliphatic heterocycles. The third kappa shape index (κ3) is 1.85. The highest BCUT2D eigenvalue weighted by Crippen LogP contribution is 2.40. The predicted octanol–water partition coefficient (Wildman–Crippen LogP) is 2.17. The van der Waals surface area contributed by atoms with E-state index in [1.165, 1.54) is 51.6 Å². The van der Waals surface area contributed by atoms with Crippen molar-refractivity contribution < 1.29 is 0 Å². The van der Waals surface area contributed by atoms with Gasteiger partial charge in [-0.2, -0.15) is 0 Å². The molecule has 2 nitrogen and oxygen atoms in total. The van der Waals surface area contributed by atoms with E-state index in [0.29, 0.717) is 11.6 Å². The first-order valence-electron chi connectivity index (χ1n) is 6.38. The van der Waals surface area contributed by atoms with Gasteiger partial charge in [-0.15, -0.1) is 6.58 Å². The molecule has 1 atom stereocenters. The van der Waals surface area contributed by atoms with Gasteiger partial charge in [0.05, 0.1) is 0 Å². The van der Waals surface area contributed by atoms with Gasteiger partial charge < -0.3 is 5.32 Å². The van der Waals surface area contributed by atoms with Crippen molar-refractivity contribution in [1.29, 1.82) is 0 Å². The zero-order chi connectivity index (χ0) is 10.7. The highest BCUT2D eigenvalue weighted by Gasteiger charge is 2.44. The summed E-state index contributed by atoms with van der Waals surface area (Å²) in [5.74, 6) is 0.